The first-order valence-electron chi connectivity index (χ1n) is 6.40. The van der Waals surface area contributed by atoms with E-state index in [0.717, 1.165) is 12.2 Å². The lowest BCUT2D eigenvalue weighted by Crippen LogP contribution is -2.14. The van der Waals surface area contributed by atoms with E-state index in [9.17, 15) is 9.90 Å². The fourth-order valence-corrected chi connectivity index (χ4v) is 2.27. The first kappa shape index (κ1) is 12.6. The molecular weight excluding hydrogens is 258 g/mol. The molecule has 2 unspecified atom stereocenters. The SMILES string of the molecule is COc1ccc(O)c(NC(=O)C2CC2c2ccco2)c1. The lowest BCUT2D eigenvalue weighted by atomic mass is 10.2. The highest BCUT2D eigenvalue weighted by Gasteiger charge is 2.45. The predicted octanol–water partition coefficient (Wildman–Crippen LogP) is 2.74. The second kappa shape index (κ2) is 4.92. The van der Waals surface area contributed by atoms with Crippen LogP contribution in [0.15, 0.2) is 41.0 Å². The van der Waals surface area contributed by atoms with Crippen molar-refractivity contribution in [3.8, 4) is 11.5 Å². The Morgan fingerprint density at radius 1 is 1.45 bits per heavy atom. The van der Waals surface area contributed by atoms with Crippen LogP contribution in [0, 0.1) is 5.92 Å². The number of carbonyl (C=O) groups excluding carboxylic acids is 1. The molecular formula is C15H15NO4. The van der Waals surface area contributed by atoms with E-state index in [2.05, 4.69) is 5.32 Å². The molecule has 3 rings (SSSR count). The van der Waals surface area contributed by atoms with Crippen LogP contribution >= 0.6 is 0 Å². The van der Waals surface area contributed by atoms with Gasteiger partial charge in [0.15, 0.2) is 0 Å². The van der Waals surface area contributed by atoms with Crippen LogP contribution in [0.3, 0.4) is 0 Å². The standard InChI is InChI=1S/C15H15NO4/c1-19-9-4-5-13(17)12(7-9)16-15(18)11-8-10(11)14-3-2-6-20-14/h2-7,10-11,17H,8H2,1H3,(H,16,18). The Bertz CT molecular complexity index is 621. The molecule has 1 aromatic carbocycles. The summed E-state index contributed by atoms with van der Waals surface area (Å²) in [6.07, 6.45) is 2.38. The molecule has 1 aliphatic carbocycles. The number of anilines is 1. The summed E-state index contributed by atoms with van der Waals surface area (Å²) in [5, 5.41) is 12.5. The Morgan fingerprint density at radius 3 is 3.00 bits per heavy atom. The maximum atomic E-state index is 12.1. The van der Waals surface area contributed by atoms with E-state index >= 15 is 0 Å². The monoisotopic (exact) mass is 273 g/mol. The third kappa shape index (κ3) is 2.34. The molecule has 1 saturated carbocycles. The number of phenolic OH excluding ortho intramolecular Hbond substituents is 1. The minimum atomic E-state index is -0.116. The van der Waals surface area contributed by atoms with Crippen molar-refractivity contribution in [3.05, 3.63) is 42.4 Å². The van der Waals surface area contributed by atoms with Crippen LogP contribution in [0.1, 0.15) is 18.1 Å². The van der Waals surface area contributed by atoms with Crippen molar-refractivity contribution in [1.82, 2.24) is 0 Å². The number of phenols is 1. The molecule has 0 radical (unpaired) electrons. The minimum Gasteiger partial charge on any atom is -0.506 e. The van der Waals surface area contributed by atoms with Crippen molar-refractivity contribution in [2.75, 3.05) is 12.4 Å². The number of nitrogens with one attached hydrogen (secondary N) is 1. The molecule has 104 valence electrons. The third-order valence-electron chi connectivity index (χ3n) is 3.50. The maximum Gasteiger partial charge on any atom is 0.228 e. The number of rotatable bonds is 4. The highest BCUT2D eigenvalue weighted by Crippen LogP contribution is 2.48. The molecule has 20 heavy (non-hydrogen) atoms. The normalized spacial score (nSPS) is 20.4. The largest absolute Gasteiger partial charge is 0.506 e. The van der Waals surface area contributed by atoms with Crippen molar-refractivity contribution in [3.63, 3.8) is 0 Å². The summed E-state index contributed by atoms with van der Waals surface area (Å²) in [6.45, 7) is 0. The van der Waals surface area contributed by atoms with E-state index in [1.165, 1.54) is 13.2 Å². The Morgan fingerprint density at radius 2 is 2.30 bits per heavy atom. The number of carbonyl (C=O) groups is 1. The Hall–Kier alpha value is -2.43. The highest BCUT2D eigenvalue weighted by atomic mass is 16.5. The van der Waals surface area contributed by atoms with Crippen LogP contribution in [0.4, 0.5) is 5.69 Å². The lowest BCUT2D eigenvalue weighted by Gasteiger charge is -2.08. The molecule has 0 bridgehead atoms. The highest BCUT2D eigenvalue weighted by molar-refractivity contribution is 5.96. The van der Waals surface area contributed by atoms with Crippen LogP contribution < -0.4 is 10.1 Å². The van der Waals surface area contributed by atoms with Crippen molar-refractivity contribution >= 4 is 11.6 Å². The van der Waals surface area contributed by atoms with E-state index in [4.69, 9.17) is 9.15 Å². The number of hydrogen-bond acceptors (Lipinski definition) is 4. The van der Waals surface area contributed by atoms with Crippen LogP contribution in [-0.4, -0.2) is 18.1 Å². The number of ether oxygens (including phenoxy) is 1. The number of hydrogen-bond donors (Lipinski definition) is 2. The number of aromatic hydroxyl groups is 1. The minimum absolute atomic E-state index is 0.0225. The Balaban J connectivity index is 1.68. The van der Waals surface area contributed by atoms with Crippen molar-refractivity contribution in [2.24, 2.45) is 5.92 Å². The summed E-state index contributed by atoms with van der Waals surface area (Å²) in [5.41, 5.74) is 0.361. The molecule has 2 atom stereocenters. The van der Waals surface area contributed by atoms with Crippen molar-refractivity contribution in [1.29, 1.82) is 0 Å². The van der Waals surface area contributed by atoms with Gasteiger partial charge in [0.05, 0.1) is 19.1 Å². The van der Waals surface area contributed by atoms with Gasteiger partial charge >= 0.3 is 0 Å². The Kier molecular flexibility index (Phi) is 3.10. The van der Waals surface area contributed by atoms with Crippen molar-refractivity contribution < 1.29 is 19.1 Å². The van der Waals surface area contributed by atoms with Crippen LogP contribution in [0.2, 0.25) is 0 Å². The zero-order valence-electron chi connectivity index (χ0n) is 11.0. The van der Waals surface area contributed by atoms with E-state index < -0.39 is 0 Å². The number of furan rings is 1. The van der Waals surface area contributed by atoms with Gasteiger partial charge in [-0.1, -0.05) is 0 Å². The summed E-state index contributed by atoms with van der Waals surface area (Å²) in [5.74, 6) is 1.35. The smallest absolute Gasteiger partial charge is 0.228 e. The fourth-order valence-electron chi connectivity index (χ4n) is 2.27. The molecule has 0 aliphatic heterocycles. The van der Waals surface area contributed by atoms with Gasteiger partial charge in [0, 0.05) is 17.9 Å². The van der Waals surface area contributed by atoms with Gasteiger partial charge in [-0.15, -0.1) is 0 Å². The molecule has 5 heteroatoms. The summed E-state index contributed by atoms with van der Waals surface area (Å²) >= 11 is 0. The third-order valence-corrected chi connectivity index (χ3v) is 3.50. The summed E-state index contributed by atoms with van der Waals surface area (Å²) in [6, 6.07) is 8.41. The van der Waals surface area contributed by atoms with Crippen LogP contribution in [-0.2, 0) is 4.79 Å². The molecule has 1 fully saturated rings. The molecule has 2 N–H and O–H groups in total. The second-order valence-electron chi connectivity index (χ2n) is 4.84. The molecule has 1 aromatic heterocycles. The predicted molar refractivity (Wildman–Crippen MR) is 72.8 cm³/mol. The Labute approximate surface area is 116 Å². The molecule has 1 amide bonds. The fraction of sp³-hybridized carbons (Fsp3) is 0.267. The topological polar surface area (TPSA) is 71.7 Å². The summed E-state index contributed by atoms with van der Waals surface area (Å²) in [7, 11) is 1.53. The molecule has 1 heterocycles. The van der Waals surface area contributed by atoms with Gasteiger partial charge < -0.3 is 19.6 Å². The quantitative estimate of drug-likeness (QED) is 0.840. The zero-order chi connectivity index (χ0) is 14.1. The average molecular weight is 273 g/mol. The first-order chi connectivity index (χ1) is 9.69. The van der Waals surface area contributed by atoms with Gasteiger partial charge in [-0.25, -0.2) is 0 Å². The summed E-state index contributed by atoms with van der Waals surface area (Å²) in [4.78, 5) is 12.1. The number of methoxy groups -OCH3 is 1. The molecule has 0 spiro atoms. The molecule has 2 aromatic rings. The number of amides is 1. The van der Waals surface area contributed by atoms with Crippen LogP contribution in [0.5, 0.6) is 11.5 Å². The van der Waals surface area contributed by atoms with E-state index in [0.29, 0.717) is 11.4 Å². The van der Waals surface area contributed by atoms with E-state index in [1.54, 1.807) is 18.4 Å². The van der Waals surface area contributed by atoms with Crippen molar-refractivity contribution in [2.45, 2.75) is 12.3 Å². The van der Waals surface area contributed by atoms with E-state index in [1.807, 2.05) is 12.1 Å². The van der Waals surface area contributed by atoms with Gasteiger partial charge in [-0.3, -0.25) is 4.79 Å². The average Bonchev–Trinajstić information content (AvgIpc) is 3.07. The number of benzene rings is 1. The van der Waals surface area contributed by atoms with E-state index in [-0.39, 0.29) is 23.5 Å². The van der Waals surface area contributed by atoms with Crippen LogP contribution in [0.25, 0.3) is 0 Å². The summed E-state index contributed by atoms with van der Waals surface area (Å²) < 4.78 is 10.4. The molecule has 5 nitrogen and oxygen atoms in total. The lowest BCUT2D eigenvalue weighted by molar-refractivity contribution is -0.117. The molecule has 0 saturated heterocycles. The van der Waals surface area contributed by atoms with Gasteiger partial charge in [0.1, 0.15) is 17.3 Å². The van der Waals surface area contributed by atoms with Gasteiger partial charge in [0.2, 0.25) is 5.91 Å². The zero-order valence-corrected chi connectivity index (χ0v) is 11.0. The van der Waals surface area contributed by atoms with Gasteiger partial charge in [-0.2, -0.15) is 0 Å². The molecule has 1 aliphatic rings. The first-order valence-corrected chi connectivity index (χ1v) is 6.40. The van der Waals surface area contributed by atoms with Gasteiger partial charge in [-0.05, 0) is 30.7 Å². The maximum absolute atomic E-state index is 12.1. The van der Waals surface area contributed by atoms with Gasteiger partial charge in [0.25, 0.3) is 0 Å². The second-order valence-corrected chi connectivity index (χ2v) is 4.84.